The molecule has 1 aromatic carbocycles. The molecular formula is C15H23NO. The molecule has 0 bridgehead atoms. The molecule has 2 nitrogen and oxygen atoms in total. The Kier molecular flexibility index (Phi) is 4.72. The summed E-state index contributed by atoms with van der Waals surface area (Å²) in [5.74, 6) is 1.000. The Morgan fingerprint density at radius 3 is 2.71 bits per heavy atom. The predicted octanol–water partition coefficient (Wildman–Crippen LogP) is 4.22. The molecule has 0 aliphatic heterocycles. The topological polar surface area (TPSA) is 21.3 Å². The molecule has 0 saturated heterocycles. The van der Waals surface area contributed by atoms with Crippen molar-refractivity contribution in [3.63, 3.8) is 0 Å². The van der Waals surface area contributed by atoms with Gasteiger partial charge in [0.15, 0.2) is 0 Å². The van der Waals surface area contributed by atoms with E-state index in [1.807, 2.05) is 6.07 Å². The smallest absolute Gasteiger partial charge is 0.142 e. The highest BCUT2D eigenvalue weighted by molar-refractivity contribution is 5.56. The van der Waals surface area contributed by atoms with Crippen molar-refractivity contribution in [1.29, 1.82) is 0 Å². The van der Waals surface area contributed by atoms with Crippen LogP contribution < -0.4 is 10.1 Å². The molecule has 1 aliphatic rings. The standard InChI is InChI=1S/C15H23NO/c1-2-12-17-15-11-7-6-10-14(15)16-13-8-4-3-5-9-13/h6-7,10-11,13,16H,2-5,8-9,12H2,1H3. The minimum absolute atomic E-state index is 0.634. The van der Waals surface area contributed by atoms with Crippen LogP contribution in [0.3, 0.4) is 0 Å². The van der Waals surface area contributed by atoms with E-state index in [9.17, 15) is 0 Å². The van der Waals surface area contributed by atoms with E-state index in [1.54, 1.807) is 0 Å². The van der Waals surface area contributed by atoms with Gasteiger partial charge in [-0.1, -0.05) is 38.3 Å². The predicted molar refractivity (Wildman–Crippen MR) is 72.7 cm³/mol. The second-order valence-electron chi connectivity index (χ2n) is 4.82. The van der Waals surface area contributed by atoms with E-state index in [4.69, 9.17) is 4.74 Å². The summed E-state index contributed by atoms with van der Waals surface area (Å²) in [5, 5.41) is 3.63. The highest BCUT2D eigenvalue weighted by atomic mass is 16.5. The second kappa shape index (κ2) is 6.53. The minimum Gasteiger partial charge on any atom is -0.491 e. The Balaban J connectivity index is 1.98. The fraction of sp³-hybridized carbons (Fsp3) is 0.600. The van der Waals surface area contributed by atoms with Gasteiger partial charge in [0.05, 0.1) is 12.3 Å². The maximum atomic E-state index is 5.77. The Hall–Kier alpha value is -1.18. The normalized spacial score (nSPS) is 16.8. The zero-order valence-corrected chi connectivity index (χ0v) is 10.7. The molecule has 1 aromatic rings. The van der Waals surface area contributed by atoms with Gasteiger partial charge in [0, 0.05) is 6.04 Å². The van der Waals surface area contributed by atoms with Crippen molar-refractivity contribution in [2.75, 3.05) is 11.9 Å². The van der Waals surface area contributed by atoms with Crippen LogP contribution in [0.2, 0.25) is 0 Å². The maximum absolute atomic E-state index is 5.77. The number of nitrogens with one attached hydrogen (secondary N) is 1. The average Bonchev–Trinajstić information content (AvgIpc) is 2.39. The van der Waals surface area contributed by atoms with Gasteiger partial charge in [-0.2, -0.15) is 0 Å². The van der Waals surface area contributed by atoms with Gasteiger partial charge in [0.25, 0.3) is 0 Å². The molecule has 0 aromatic heterocycles. The number of rotatable bonds is 5. The highest BCUT2D eigenvalue weighted by Gasteiger charge is 2.14. The fourth-order valence-corrected chi connectivity index (χ4v) is 2.39. The first-order valence-corrected chi connectivity index (χ1v) is 6.88. The lowest BCUT2D eigenvalue weighted by Gasteiger charge is -2.25. The molecule has 2 heteroatoms. The number of benzene rings is 1. The van der Waals surface area contributed by atoms with E-state index in [2.05, 4.69) is 30.4 Å². The van der Waals surface area contributed by atoms with Gasteiger partial charge >= 0.3 is 0 Å². The third kappa shape index (κ3) is 3.65. The van der Waals surface area contributed by atoms with Gasteiger partial charge in [-0.25, -0.2) is 0 Å². The molecule has 94 valence electrons. The van der Waals surface area contributed by atoms with Crippen LogP contribution in [-0.2, 0) is 0 Å². The molecule has 0 unspecified atom stereocenters. The van der Waals surface area contributed by atoms with E-state index in [0.29, 0.717) is 6.04 Å². The van der Waals surface area contributed by atoms with Crippen molar-refractivity contribution < 1.29 is 4.74 Å². The van der Waals surface area contributed by atoms with Gasteiger partial charge in [0.2, 0.25) is 0 Å². The number of anilines is 1. The summed E-state index contributed by atoms with van der Waals surface area (Å²) in [7, 11) is 0. The Morgan fingerprint density at radius 2 is 1.94 bits per heavy atom. The minimum atomic E-state index is 0.634. The van der Waals surface area contributed by atoms with E-state index in [1.165, 1.54) is 32.1 Å². The van der Waals surface area contributed by atoms with Crippen LogP contribution in [0.25, 0.3) is 0 Å². The first kappa shape index (κ1) is 12.3. The molecule has 0 amide bonds. The van der Waals surface area contributed by atoms with Crippen molar-refractivity contribution in [3.05, 3.63) is 24.3 Å². The van der Waals surface area contributed by atoms with Crippen LogP contribution in [0.5, 0.6) is 5.75 Å². The zero-order chi connectivity index (χ0) is 11.9. The third-order valence-electron chi connectivity index (χ3n) is 3.31. The molecule has 17 heavy (non-hydrogen) atoms. The summed E-state index contributed by atoms with van der Waals surface area (Å²) >= 11 is 0. The number of para-hydroxylation sites is 2. The Bertz CT molecular complexity index is 331. The summed E-state index contributed by atoms with van der Waals surface area (Å²) in [6, 6.07) is 8.93. The molecule has 1 saturated carbocycles. The quantitative estimate of drug-likeness (QED) is 0.822. The van der Waals surface area contributed by atoms with Crippen molar-refractivity contribution in [2.24, 2.45) is 0 Å². The molecule has 1 aliphatic carbocycles. The largest absolute Gasteiger partial charge is 0.491 e. The van der Waals surface area contributed by atoms with E-state index in [0.717, 1.165) is 24.5 Å². The molecule has 0 heterocycles. The maximum Gasteiger partial charge on any atom is 0.142 e. The SMILES string of the molecule is CCCOc1ccccc1NC1CCCCC1. The molecule has 1 N–H and O–H groups in total. The number of hydrogen-bond acceptors (Lipinski definition) is 2. The van der Waals surface area contributed by atoms with Crippen molar-refractivity contribution in [3.8, 4) is 5.75 Å². The van der Waals surface area contributed by atoms with Crippen molar-refractivity contribution in [1.82, 2.24) is 0 Å². The summed E-state index contributed by atoms with van der Waals surface area (Å²) in [6.45, 7) is 2.93. The summed E-state index contributed by atoms with van der Waals surface area (Å²) in [5.41, 5.74) is 1.16. The molecule has 0 atom stereocenters. The fourth-order valence-electron chi connectivity index (χ4n) is 2.39. The van der Waals surface area contributed by atoms with Gasteiger partial charge < -0.3 is 10.1 Å². The summed E-state index contributed by atoms with van der Waals surface area (Å²) in [4.78, 5) is 0. The summed E-state index contributed by atoms with van der Waals surface area (Å²) in [6.07, 6.45) is 7.75. The lowest BCUT2D eigenvalue weighted by Crippen LogP contribution is -2.22. The van der Waals surface area contributed by atoms with Crippen LogP contribution in [0, 0.1) is 0 Å². The monoisotopic (exact) mass is 233 g/mol. The van der Waals surface area contributed by atoms with Gasteiger partial charge in [-0.15, -0.1) is 0 Å². The molecule has 2 rings (SSSR count). The van der Waals surface area contributed by atoms with E-state index < -0.39 is 0 Å². The van der Waals surface area contributed by atoms with Crippen LogP contribution in [0.1, 0.15) is 45.4 Å². The molecule has 1 fully saturated rings. The zero-order valence-electron chi connectivity index (χ0n) is 10.7. The second-order valence-corrected chi connectivity index (χ2v) is 4.82. The number of hydrogen-bond donors (Lipinski definition) is 1. The Morgan fingerprint density at radius 1 is 1.18 bits per heavy atom. The molecule has 0 spiro atoms. The Labute approximate surface area is 104 Å². The molecule has 0 radical (unpaired) electrons. The molecular weight excluding hydrogens is 210 g/mol. The van der Waals surface area contributed by atoms with Crippen LogP contribution in [-0.4, -0.2) is 12.6 Å². The first-order valence-electron chi connectivity index (χ1n) is 6.88. The third-order valence-corrected chi connectivity index (χ3v) is 3.31. The van der Waals surface area contributed by atoms with Gasteiger partial charge in [0.1, 0.15) is 5.75 Å². The lowest BCUT2D eigenvalue weighted by atomic mass is 9.95. The first-order chi connectivity index (χ1) is 8.40. The highest BCUT2D eigenvalue weighted by Crippen LogP contribution is 2.28. The summed E-state index contributed by atoms with van der Waals surface area (Å²) < 4.78 is 5.77. The van der Waals surface area contributed by atoms with Gasteiger partial charge in [-0.3, -0.25) is 0 Å². The van der Waals surface area contributed by atoms with Gasteiger partial charge in [-0.05, 0) is 31.4 Å². The van der Waals surface area contributed by atoms with E-state index in [-0.39, 0.29) is 0 Å². The van der Waals surface area contributed by atoms with E-state index >= 15 is 0 Å². The van der Waals surface area contributed by atoms with Crippen molar-refractivity contribution >= 4 is 5.69 Å². The van der Waals surface area contributed by atoms with Crippen LogP contribution >= 0.6 is 0 Å². The lowest BCUT2D eigenvalue weighted by molar-refractivity contribution is 0.318. The van der Waals surface area contributed by atoms with Crippen LogP contribution in [0.4, 0.5) is 5.69 Å². The van der Waals surface area contributed by atoms with Crippen molar-refractivity contribution in [2.45, 2.75) is 51.5 Å². The number of ether oxygens (including phenoxy) is 1. The average molecular weight is 233 g/mol. The van der Waals surface area contributed by atoms with Crippen LogP contribution in [0.15, 0.2) is 24.3 Å².